The van der Waals surface area contributed by atoms with Gasteiger partial charge in [-0.3, -0.25) is 4.18 Å². The van der Waals surface area contributed by atoms with Gasteiger partial charge in [-0.15, -0.1) is 0 Å². The first-order valence-electron chi connectivity index (χ1n) is 20.7. The fourth-order valence-electron chi connectivity index (χ4n) is 6.90. The van der Waals surface area contributed by atoms with Gasteiger partial charge in [0.2, 0.25) is 0 Å². The molecule has 5 aromatic rings. The molecular formula is C52H58N2O6S. The predicted octanol–water partition coefficient (Wildman–Crippen LogP) is 8.48. The summed E-state index contributed by atoms with van der Waals surface area (Å²) >= 11 is 0. The number of aliphatic hydroxyl groups is 1. The molecule has 2 saturated carbocycles. The molecule has 2 aliphatic rings. The van der Waals surface area contributed by atoms with Crippen LogP contribution in [0.5, 0.6) is 11.5 Å². The number of phenolic OH excluding ortho intramolecular Hbond substituents is 2. The molecule has 9 heteroatoms. The van der Waals surface area contributed by atoms with E-state index in [2.05, 4.69) is 57.2 Å². The molecular weight excluding hydrogens is 781 g/mol. The lowest BCUT2D eigenvalue weighted by Gasteiger charge is -2.29. The minimum absolute atomic E-state index is 0.0745. The third kappa shape index (κ3) is 20.3. The topological polar surface area (TPSA) is 142 Å². The van der Waals surface area contributed by atoms with Crippen molar-refractivity contribution in [1.82, 2.24) is 5.32 Å². The molecule has 0 atom stereocenters. The number of aromatic hydroxyl groups is 2. The Morgan fingerprint density at radius 3 is 1.38 bits per heavy atom. The highest BCUT2D eigenvalue weighted by molar-refractivity contribution is 7.86. The maximum Gasteiger partial charge on any atom is 0.265 e. The van der Waals surface area contributed by atoms with Gasteiger partial charge in [-0.25, -0.2) is 0 Å². The summed E-state index contributed by atoms with van der Waals surface area (Å²) < 4.78 is 25.6. The number of rotatable bonds is 6. The Morgan fingerprint density at radius 1 is 0.574 bits per heavy atom. The summed E-state index contributed by atoms with van der Waals surface area (Å²) in [6.07, 6.45) is 10.4. The molecule has 6 N–H and O–H groups in total. The van der Waals surface area contributed by atoms with Crippen molar-refractivity contribution in [3.63, 3.8) is 0 Å². The summed E-state index contributed by atoms with van der Waals surface area (Å²) in [5, 5.41) is 30.5. The zero-order valence-electron chi connectivity index (χ0n) is 34.9. The van der Waals surface area contributed by atoms with Crippen molar-refractivity contribution < 1.29 is 27.9 Å². The minimum atomic E-state index is -3.38. The Hall–Kier alpha value is -5.83. The number of hydrogen-bond donors (Lipinski definition) is 5. The quantitative estimate of drug-likeness (QED) is 0.0848. The summed E-state index contributed by atoms with van der Waals surface area (Å²) in [4.78, 5) is 0. The van der Waals surface area contributed by atoms with Crippen LogP contribution in [0, 0.1) is 35.5 Å². The Balaban J connectivity index is 0.000000188. The summed E-state index contributed by atoms with van der Waals surface area (Å²) in [5.41, 5.74) is 11.4. The molecule has 8 nitrogen and oxygen atoms in total. The van der Waals surface area contributed by atoms with Crippen LogP contribution >= 0.6 is 0 Å². The molecule has 0 saturated heterocycles. The third-order valence-corrected chi connectivity index (χ3v) is 10.7. The number of benzene rings is 5. The SMILES string of the molecule is CS(=O)(=O)OCC#Cc1ccccc1.NC1CCC(c2ccc(O)cc2)CC1.OCC#Cc1ccccc1.Oc1ccc(C2CCC(NCC#Cc3ccccc3)CC2)cc1. The van der Waals surface area contributed by atoms with Gasteiger partial charge in [0.15, 0.2) is 0 Å². The van der Waals surface area contributed by atoms with Gasteiger partial charge in [0.25, 0.3) is 10.1 Å². The number of phenols is 2. The van der Waals surface area contributed by atoms with Gasteiger partial charge in [-0.1, -0.05) is 114 Å². The first-order chi connectivity index (χ1) is 29.6. The highest BCUT2D eigenvalue weighted by Crippen LogP contribution is 2.34. The maximum atomic E-state index is 10.6. The second-order valence-corrected chi connectivity index (χ2v) is 16.5. The molecule has 7 rings (SSSR count). The van der Waals surface area contributed by atoms with Crippen molar-refractivity contribution in [2.75, 3.05) is 26.0 Å². The largest absolute Gasteiger partial charge is 0.508 e. The van der Waals surface area contributed by atoms with Crippen molar-refractivity contribution >= 4 is 10.1 Å². The first kappa shape index (κ1) is 47.8. The lowest BCUT2D eigenvalue weighted by atomic mass is 9.82. The van der Waals surface area contributed by atoms with E-state index in [1.165, 1.54) is 49.7 Å². The zero-order chi connectivity index (χ0) is 43.5. The van der Waals surface area contributed by atoms with Crippen LogP contribution in [0.15, 0.2) is 140 Å². The second kappa shape index (κ2) is 27.1. The molecule has 0 radical (unpaired) electrons. The van der Waals surface area contributed by atoms with Crippen molar-refractivity contribution in [2.45, 2.75) is 75.3 Å². The van der Waals surface area contributed by atoms with Gasteiger partial charge in [0, 0.05) is 28.8 Å². The fourth-order valence-corrected chi connectivity index (χ4v) is 7.17. The molecule has 0 bridgehead atoms. The smallest absolute Gasteiger partial charge is 0.265 e. The first-order valence-corrected chi connectivity index (χ1v) is 22.5. The van der Waals surface area contributed by atoms with Crippen LogP contribution in [0.25, 0.3) is 0 Å². The fraction of sp³-hybridized carbons (Fsp3) is 0.308. The van der Waals surface area contributed by atoms with Crippen LogP contribution in [0.1, 0.15) is 91.0 Å². The summed E-state index contributed by atoms with van der Waals surface area (Å²) in [7, 11) is -3.38. The maximum absolute atomic E-state index is 10.6. The molecule has 0 aliphatic heterocycles. The minimum Gasteiger partial charge on any atom is -0.508 e. The van der Waals surface area contributed by atoms with E-state index in [1.807, 2.05) is 103 Å². The standard InChI is InChI=1S/C21H23NO.C12H17NO.C10H10O3S.C9H8O/c23-21-14-10-19(11-15-21)18-8-12-20(13-9-18)22-16-4-7-17-5-2-1-3-6-17;13-11-5-1-9(2-6-11)10-3-7-12(14)8-4-10;1-14(11,12)13-9-5-8-10-6-3-2-4-7-10;10-8-4-7-9-5-2-1-3-6-9/h1-3,5-6,10-11,14-15,18,20,22-23H,8-9,12-13,16H2;3-4,7-9,11,14H,1-2,5-6,13H2;2-4,6-7H,9H2,1H3;1-3,5-6,10H,8H2. The number of aliphatic hydroxyl groups excluding tert-OH is 1. The van der Waals surface area contributed by atoms with Crippen LogP contribution in [0.2, 0.25) is 0 Å². The van der Waals surface area contributed by atoms with Crippen molar-refractivity contribution in [3.05, 3.63) is 167 Å². The van der Waals surface area contributed by atoms with E-state index in [1.54, 1.807) is 24.3 Å². The van der Waals surface area contributed by atoms with Crippen LogP contribution in [-0.2, 0) is 14.3 Å². The van der Waals surface area contributed by atoms with Crippen LogP contribution in [0.3, 0.4) is 0 Å². The lowest BCUT2D eigenvalue weighted by Crippen LogP contribution is -2.32. The van der Waals surface area contributed by atoms with E-state index in [4.69, 9.17) is 10.8 Å². The molecule has 61 heavy (non-hydrogen) atoms. The summed E-state index contributed by atoms with van der Waals surface area (Å²) in [6, 6.07) is 45.3. The van der Waals surface area contributed by atoms with Gasteiger partial charge >= 0.3 is 0 Å². The van der Waals surface area contributed by atoms with E-state index in [0.717, 1.165) is 42.3 Å². The van der Waals surface area contributed by atoms with E-state index >= 15 is 0 Å². The van der Waals surface area contributed by atoms with Gasteiger partial charge in [0.1, 0.15) is 24.7 Å². The van der Waals surface area contributed by atoms with Crippen LogP contribution in [-0.4, -0.2) is 61.8 Å². The number of nitrogens with two attached hydrogens (primary N) is 1. The van der Waals surface area contributed by atoms with Crippen molar-refractivity contribution in [3.8, 4) is 47.0 Å². The average molecular weight is 839 g/mol. The van der Waals surface area contributed by atoms with E-state index < -0.39 is 10.1 Å². The Kier molecular flexibility index (Phi) is 21.3. The predicted molar refractivity (Wildman–Crippen MR) is 246 cm³/mol. The molecule has 0 amide bonds. The summed E-state index contributed by atoms with van der Waals surface area (Å²) in [5.74, 6) is 19.1. The third-order valence-electron chi connectivity index (χ3n) is 10.2. The second-order valence-electron chi connectivity index (χ2n) is 14.9. The molecule has 0 spiro atoms. The normalized spacial score (nSPS) is 17.8. The molecule has 2 fully saturated rings. The van der Waals surface area contributed by atoms with E-state index in [9.17, 15) is 18.6 Å². The summed E-state index contributed by atoms with van der Waals surface area (Å²) in [6.45, 7) is 0.575. The molecule has 0 unspecified atom stereocenters. The zero-order valence-corrected chi connectivity index (χ0v) is 35.7. The van der Waals surface area contributed by atoms with Gasteiger partial charge in [-0.2, -0.15) is 8.42 Å². The molecule has 2 aliphatic carbocycles. The van der Waals surface area contributed by atoms with Crippen molar-refractivity contribution in [1.29, 1.82) is 0 Å². The molecule has 318 valence electrons. The van der Waals surface area contributed by atoms with Crippen LogP contribution < -0.4 is 11.1 Å². The van der Waals surface area contributed by atoms with Gasteiger partial charge < -0.3 is 26.4 Å². The monoisotopic (exact) mass is 838 g/mol. The van der Waals surface area contributed by atoms with Gasteiger partial charge in [0.05, 0.1) is 12.8 Å². The number of nitrogens with one attached hydrogen (secondary N) is 1. The molecule has 5 aromatic carbocycles. The Bertz CT molecular complexity index is 2270. The van der Waals surface area contributed by atoms with Crippen LogP contribution in [0.4, 0.5) is 0 Å². The van der Waals surface area contributed by atoms with E-state index in [0.29, 0.717) is 35.4 Å². The molecule has 0 heterocycles. The average Bonchev–Trinajstić information content (AvgIpc) is 3.28. The lowest BCUT2D eigenvalue weighted by molar-refractivity contribution is 0.350. The Morgan fingerprint density at radius 2 is 0.967 bits per heavy atom. The highest BCUT2D eigenvalue weighted by Gasteiger charge is 2.22. The molecule has 0 aromatic heterocycles. The van der Waals surface area contributed by atoms with Crippen molar-refractivity contribution in [2.24, 2.45) is 5.73 Å². The van der Waals surface area contributed by atoms with E-state index in [-0.39, 0.29) is 13.2 Å². The Labute approximate surface area is 363 Å². The number of hydrogen-bond acceptors (Lipinski definition) is 8. The highest BCUT2D eigenvalue weighted by atomic mass is 32.2. The van der Waals surface area contributed by atoms with Gasteiger partial charge in [-0.05, 0) is 135 Å².